The molecule has 2 saturated carbocycles. The Bertz CT molecular complexity index is 153. The molecule has 0 spiro atoms. The first-order chi connectivity index (χ1) is 5.60. The predicted molar refractivity (Wildman–Crippen MR) is 52.9 cm³/mol. The summed E-state index contributed by atoms with van der Waals surface area (Å²) in [5.74, 6) is 4.00. The summed E-state index contributed by atoms with van der Waals surface area (Å²) in [5.41, 5.74) is 0.750. The molecule has 0 aromatic rings. The zero-order valence-corrected chi connectivity index (χ0v) is 8.93. The molecule has 0 radical (unpaired) electrons. The molecule has 0 heterocycles. The van der Waals surface area contributed by atoms with Gasteiger partial charge >= 0.3 is 0 Å². The molecular weight excluding hydrogens is 144 g/mol. The van der Waals surface area contributed by atoms with Crippen LogP contribution in [0.15, 0.2) is 0 Å². The maximum Gasteiger partial charge on any atom is -0.0195 e. The highest BCUT2D eigenvalue weighted by atomic mass is 14.6. The largest absolute Gasteiger partial charge is 0.0622 e. The van der Waals surface area contributed by atoms with Gasteiger partial charge in [-0.25, -0.2) is 0 Å². The molecule has 2 aliphatic rings. The van der Waals surface area contributed by atoms with Crippen LogP contribution in [-0.2, 0) is 0 Å². The Kier molecular flexibility index (Phi) is 1.79. The molecule has 2 unspecified atom stereocenters. The van der Waals surface area contributed by atoms with Crippen molar-refractivity contribution in [2.24, 2.45) is 29.1 Å². The minimum atomic E-state index is 0.750. The van der Waals surface area contributed by atoms with E-state index in [2.05, 4.69) is 27.7 Å². The molecule has 2 rings (SSSR count). The van der Waals surface area contributed by atoms with E-state index in [1.807, 2.05) is 0 Å². The highest BCUT2D eigenvalue weighted by molar-refractivity contribution is 5.08. The second-order valence-corrected chi connectivity index (χ2v) is 5.47. The van der Waals surface area contributed by atoms with E-state index in [0.29, 0.717) is 0 Å². The SMILES string of the molecule is CC(C)C1(C2CC2)C(C)CC1C. The third-order valence-corrected chi connectivity index (χ3v) is 4.70. The Morgan fingerprint density at radius 1 is 1.08 bits per heavy atom. The van der Waals surface area contributed by atoms with E-state index in [9.17, 15) is 0 Å². The van der Waals surface area contributed by atoms with Gasteiger partial charge in [0.25, 0.3) is 0 Å². The average Bonchev–Trinajstić information content (AvgIpc) is 2.71. The lowest BCUT2D eigenvalue weighted by Crippen LogP contribution is -2.51. The van der Waals surface area contributed by atoms with Crippen molar-refractivity contribution >= 4 is 0 Å². The molecule has 0 nitrogen and oxygen atoms in total. The van der Waals surface area contributed by atoms with Gasteiger partial charge in [-0.15, -0.1) is 0 Å². The van der Waals surface area contributed by atoms with Crippen LogP contribution in [0.4, 0.5) is 0 Å². The lowest BCUT2D eigenvalue weighted by atomic mass is 9.47. The number of rotatable bonds is 2. The van der Waals surface area contributed by atoms with Crippen LogP contribution in [0, 0.1) is 29.1 Å². The van der Waals surface area contributed by atoms with Crippen molar-refractivity contribution in [3.05, 3.63) is 0 Å². The zero-order valence-electron chi connectivity index (χ0n) is 8.93. The molecule has 2 atom stereocenters. The van der Waals surface area contributed by atoms with Crippen LogP contribution in [-0.4, -0.2) is 0 Å². The van der Waals surface area contributed by atoms with Crippen molar-refractivity contribution in [1.29, 1.82) is 0 Å². The van der Waals surface area contributed by atoms with Crippen LogP contribution in [0.2, 0.25) is 0 Å². The molecule has 0 N–H and O–H groups in total. The van der Waals surface area contributed by atoms with Gasteiger partial charge in [0.1, 0.15) is 0 Å². The second kappa shape index (κ2) is 2.49. The van der Waals surface area contributed by atoms with E-state index in [4.69, 9.17) is 0 Å². The average molecular weight is 166 g/mol. The fourth-order valence-electron chi connectivity index (χ4n) is 4.26. The molecule has 2 aliphatic carbocycles. The fraction of sp³-hybridized carbons (Fsp3) is 1.00. The third-order valence-electron chi connectivity index (χ3n) is 4.70. The Labute approximate surface area is 76.7 Å². The Morgan fingerprint density at radius 3 is 1.75 bits per heavy atom. The lowest BCUT2D eigenvalue weighted by molar-refractivity contribution is -0.0947. The standard InChI is InChI=1S/C12H22/c1-8(2)12(11-5-6-11)9(3)7-10(12)4/h8-11H,5-7H2,1-4H3. The summed E-state index contributed by atoms with van der Waals surface area (Å²) in [6.07, 6.45) is 4.52. The van der Waals surface area contributed by atoms with Crippen LogP contribution < -0.4 is 0 Å². The van der Waals surface area contributed by atoms with Gasteiger partial charge in [-0.2, -0.15) is 0 Å². The van der Waals surface area contributed by atoms with Crippen LogP contribution >= 0.6 is 0 Å². The molecule has 0 heteroatoms. The van der Waals surface area contributed by atoms with Gasteiger partial charge in [0.2, 0.25) is 0 Å². The Balaban J connectivity index is 2.20. The molecule has 0 aliphatic heterocycles. The molecule has 0 aromatic heterocycles. The van der Waals surface area contributed by atoms with E-state index in [1.165, 1.54) is 19.3 Å². The molecular formula is C12H22. The van der Waals surface area contributed by atoms with Crippen molar-refractivity contribution < 1.29 is 0 Å². The molecule has 12 heavy (non-hydrogen) atoms. The summed E-state index contributed by atoms with van der Waals surface area (Å²) < 4.78 is 0. The second-order valence-electron chi connectivity index (χ2n) is 5.47. The smallest absolute Gasteiger partial charge is 0.0195 e. The van der Waals surface area contributed by atoms with Gasteiger partial charge in [-0.05, 0) is 48.3 Å². The summed E-state index contributed by atoms with van der Waals surface area (Å²) in [4.78, 5) is 0. The maximum absolute atomic E-state index is 2.47. The van der Waals surface area contributed by atoms with Gasteiger partial charge in [0.15, 0.2) is 0 Å². The van der Waals surface area contributed by atoms with Crippen molar-refractivity contribution in [3.63, 3.8) is 0 Å². The highest BCUT2D eigenvalue weighted by Crippen LogP contribution is 2.66. The van der Waals surface area contributed by atoms with Crippen LogP contribution in [0.3, 0.4) is 0 Å². The monoisotopic (exact) mass is 166 g/mol. The summed E-state index contributed by atoms with van der Waals surface area (Å²) in [5, 5.41) is 0. The van der Waals surface area contributed by atoms with Crippen molar-refractivity contribution in [1.82, 2.24) is 0 Å². The van der Waals surface area contributed by atoms with Crippen molar-refractivity contribution in [2.45, 2.75) is 47.0 Å². The van der Waals surface area contributed by atoms with Crippen molar-refractivity contribution in [2.75, 3.05) is 0 Å². The molecule has 0 saturated heterocycles. The predicted octanol–water partition coefficient (Wildman–Crippen LogP) is 3.71. The lowest BCUT2D eigenvalue weighted by Gasteiger charge is -2.58. The quantitative estimate of drug-likeness (QED) is 0.586. The normalized spacial score (nSPS) is 47.8. The van der Waals surface area contributed by atoms with Gasteiger partial charge in [0.05, 0.1) is 0 Å². The molecule has 0 aromatic carbocycles. The molecule has 2 fully saturated rings. The first kappa shape index (κ1) is 8.59. The topological polar surface area (TPSA) is 0 Å². The third kappa shape index (κ3) is 0.843. The number of hydrogen-bond donors (Lipinski definition) is 0. The zero-order chi connectivity index (χ0) is 8.93. The van der Waals surface area contributed by atoms with E-state index in [1.54, 1.807) is 0 Å². The maximum atomic E-state index is 2.47. The highest BCUT2D eigenvalue weighted by Gasteiger charge is 2.59. The molecule has 0 amide bonds. The fourth-order valence-corrected chi connectivity index (χ4v) is 4.26. The van der Waals surface area contributed by atoms with E-state index >= 15 is 0 Å². The van der Waals surface area contributed by atoms with Gasteiger partial charge in [-0.1, -0.05) is 27.7 Å². The Morgan fingerprint density at radius 2 is 1.58 bits per heavy atom. The van der Waals surface area contributed by atoms with Gasteiger partial charge < -0.3 is 0 Å². The van der Waals surface area contributed by atoms with E-state index in [0.717, 1.165) is 29.1 Å². The van der Waals surface area contributed by atoms with Crippen LogP contribution in [0.5, 0.6) is 0 Å². The summed E-state index contributed by atoms with van der Waals surface area (Å²) in [6.45, 7) is 9.81. The Hall–Kier alpha value is 0. The van der Waals surface area contributed by atoms with Crippen LogP contribution in [0.25, 0.3) is 0 Å². The molecule has 70 valence electrons. The van der Waals surface area contributed by atoms with E-state index in [-0.39, 0.29) is 0 Å². The first-order valence-corrected chi connectivity index (χ1v) is 5.60. The van der Waals surface area contributed by atoms with Crippen molar-refractivity contribution in [3.8, 4) is 0 Å². The summed E-state index contributed by atoms with van der Waals surface area (Å²) in [6, 6.07) is 0. The minimum absolute atomic E-state index is 0.750. The van der Waals surface area contributed by atoms with Gasteiger partial charge in [0, 0.05) is 0 Å². The summed E-state index contributed by atoms with van der Waals surface area (Å²) >= 11 is 0. The minimum Gasteiger partial charge on any atom is -0.0622 e. The molecule has 0 bridgehead atoms. The van der Waals surface area contributed by atoms with Gasteiger partial charge in [-0.3, -0.25) is 0 Å². The summed E-state index contributed by atoms with van der Waals surface area (Å²) in [7, 11) is 0. The van der Waals surface area contributed by atoms with Crippen LogP contribution in [0.1, 0.15) is 47.0 Å². The number of hydrogen-bond acceptors (Lipinski definition) is 0. The first-order valence-electron chi connectivity index (χ1n) is 5.60. The van der Waals surface area contributed by atoms with E-state index < -0.39 is 0 Å².